The molecule has 38 heavy (non-hydrogen) atoms. The normalized spacial score (nSPS) is 14.5. The summed E-state index contributed by atoms with van der Waals surface area (Å²) >= 11 is 0.807. The maximum absolute atomic E-state index is 13.3. The zero-order chi connectivity index (χ0) is 26.6. The van der Waals surface area contributed by atoms with E-state index in [-0.39, 0.29) is 17.3 Å². The molecule has 4 aromatic rings. The number of anilines is 1. The number of ether oxygens (including phenoxy) is 1. The van der Waals surface area contributed by atoms with Crippen LogP contribution in [-0.4, -0.2) is 39.7 Å². The largest absolute Gasteiger partial charge is 0.494 e. The lowest BCUT2D eigenvalue weighted by molar-refractivity contribution is -0.127. The lowest BCUT2D eigenvalue weighted by atomic mass is 10.1. The average molecular weight is 530 g/mol. The molecular weight excluding hydrogens is 505 g/mol. The van der Waals surface area contributed by atoms with E-state index in [9.17, 15) is 18.8 Å². The number of carbonyl (C=O) groups excluding carboxylic acids is 3. The molecule has 3 amide bonds. The van der Waals surface area contributed by atoms with Crippen LogP contribution in [0.25, 0.3) is 17.0 Å². The average Bonchev–Trinajstić information content (AvgIpc) is 3.38. The van der Waals surface area contributed by atoms with Crippen LogP contribution in [0.4, 0.5) is 14.9 Å². The second-order valence-electron chi connectivity index (χ2n) is 8.63. The molecule has 1 aliphatic rings. The quantitative estimate of drug-likeness (QED) is 0.288. The molecule has 0 spiro atoms. The van der Waals surface area contributed by atoms with E-state index in [1.54, 1.807) is 42.5 Å². The van der Waals surface area contributed by atoms with Gasteiger partial charge in [0.1, 0.15) is 18.1 Å². The lowest BCUT2D eigenvalue weighted by Crippen LogP contribution is -2.36. The van der Waals surface area contributed by atoms with Gasteiger partial charge in [0, 0.05) is 34.9 Å². The number of benzene rings is 3. The molecule has 0 bridgehead atoms. The molecule has 0 radical (unpaired) electrons. The number of hydrogen-bond donors (Lipinski definition) is 1. The Morgan fingerprint density at radius 2 is 1.76 bits per heavy atom. The van der Waals surface area contributed by atoms with Crippen molar-refractivity contribution in [3.63, 3.8) is 0 Å². The molecule has 3 aromatic carbocycles. The highest BCUT2D eigenvalue weighted by atomic mass is 32.2. The molecule has 192 valence electrons. The third kappa shape index (κ3) is 5.47. The van der Waals surface area contributed by atoms with Crippen molar-refractivity contribution in [2.45, 2.75) is 13.5 Å². The van der Waals surface area contributed by atoms with E-state index in [0.29, 0.717) is 24.6 Å². The molecule has 0 aliphatic carbocycles. The SMILES string of the molecule is CCOc1ccc(NC(=O)CN2C(=O)S/C(=C/c3cn(Cc4ccc(F)cc4)c4ccccc34)C2=O)cc1. The van der Waals surface area contributed by atoms with Crippen LogP contribution in [0.2, 0.25) is 0 Å². The molecule has 7 nitrogen and oxygen atoms in total. The number of thioether (sulfide) groups is 1. The van der Waals surface area contributed by atoms with Crippen LogP contribution >= 0.6 is 11.8 Å². The third-order valence-electron chi connectivity index (χ3n) is 6.00. The number of fused-ring (bicyclic) bond motifs is 1. The third-order valence-corrected chi connectivity index (χ3v) is 6.90. The van der Waals surface area contributed by atoms with Crippen molar-refractivity contribution in [2.75, 3.05) is 18.5 Å². The number of amides is 3. The Bertz CT molecular complexity index is 1540. The molecule has 2 heterocycles. The Morgan fingerprint density at radius 3 is 2.50 bits per heavy atom. The van der Waals surface area contributed by atoms with Crippen molar-refractivity contribution in [1.29, 1.82) is 0 Å². The number of nitrogens with zero attached hydrogens (tertiary/aromatic N) is 2. The second-order valence-corrected chi connectivity index (χ2v) is 9.62. The topological polar surface area (TPSA) is 80.6 Å². The zero-order valence-electron chi connectivity index (χ0n) is 20.5. The first-order valence-corrected chi connectivity index (χ1v) is 12.8. The van der Waals surface area contributed by atoms with Gasteiger partial charge in [-0.2, -0.15) is 0 Å². The summed E-state index contributed by atoms with van der Waals surface area (Å²) in [6.07, 6.45) is 3.58. The van der Waals surface area contributed by atoms with E-state index in [1.165, 1.54) is 12.1 Å². The smallest absolute Gasteiger partial charge is 0.294 e. The molecule has 1 aliphatic heterocycles. The summed E-state index contributed by atoms with van der Waals surface area (Å²) in [5.74, 6) is -0.609. The van der Waals surface area contributed by atoms with Gasteiger partial charge in [-0.1, -0.05) is 30.3 Å². The van der Waals surface area contributed by atoms with E-state index < -0.39 is 17.1 Å². The van der Waals surface area contributed by atoms with Crippen molar-refractivity contribution < 1.29 is 23.5 Å². The highest BCUT2D eigenvalue weighted by molar-refractivity contribution is 8.18. The number of imide groups is 1. The van der Waals surface area contributed by atoms with Gasteiger partial charge in [-0.15, -0.1) is 0 Å². The number of para-hydroxylation sites is 1. The molecular formula is C29H24FN3O4S. The molecule has 1 N–H and O–H groups in total. The van der Waals surface area contributed by atoms with E-state index in [2.05, 4.69) is 5.32 Å². The van der Waals surface area contributed by atoms with Crippen molar-refractivity contribution in [2.24, 2.45) is 0 Å². The number of hydrogen-bond acceptors (Lipinski definition) is 5. The van der Waals surface area contributed by atoms with E-state index in [0.717, 1.165) is 38.7 Å². The molecule has 0 unspecified atom stereocenters. The minimum atomic E-state index is -0.516. The first-order chi connectivity index (χ1) is 18.4. The van der Waals surface area contributed by atoms with Gasteiger partial charge in [0.25, 0.3) is 11.1 Å². The molecule has 9 heteroatoms. The Kier molecular flexibility index (Phi) is 7.28. The zero-order valence-corrected chi connectivity index (χ0v) is 21.3. The van der Waals surface area contributed by atoms with Crippen LogP contribution in [-0.2, 0) is 16.1 Å². The molecule has 0 saturated carbocycles. The first kappa shape index (κ1) is 25.3. The van der Waals surface area contributed by atoms with Gasteiger partial charge in [-0.25, -0.2) is 4.39 Å². The maximum atomic E-state index is 13.3. The van der Waals surface area contributed by atoms with Gasteiger partial charge >= 0.3 is 0 Å². The predicted molar refractivity (Wildman–Crippen MR) is 146 cm³/mol. The summed E-state index contributed by atoms with van der Waals surface area (Å²) in [6.45, 7) is 2.54. The van der Waals surface area contributed by atoms with Crippen LogP contribution in [0.15, 0.2) is 83.9 Å². The summed E-state index contributed by atoms with van der Waals surface area (Å²) in [4.78, 5) is 39.4. The van der Waals surface area contributed by atoms with Gasteiger partial charge in [-0.05, 0) is 72.8 Å². The number of halogens is 1. The van der Waals surface area contributed by atoms with Gasteiger partial charge < -0.3 is 14.6 Å². The summed E-state index contributed by atoms with van der Waals surface area (Å²) in [6, 6.07) is 20.9. The summed E-state index contributed by atoms with van der Waals surface area (Å²) in [5, 5.41) is 3.11. The fraction of sp³-hybridized carbons (Fsp3) is 0.138. The van der Waals surface area contributed by atoms with Crippen LogP contribution in [0, 0.1) is 5.82 Å². The van der Waals surface area contributed by atoms with E-state index >= 15 is 0 Å². The Labute approximate surface area is 222 Å². The second kappa shape index (κ2) is 10.9. The fourth-order valence-corrected chi connectivity index (χ4v) is 5.06. The molecule has 1 fully saturated rings. The van der Waals surface area contributed by atoms with Crippen molar-refractivity contribution in [1.82, 2.24) is 9.47 Å². The van der Waals surface area contributed by atoms with Crippen LogP contribution < -0.4 is 10.1 Å². The lowest BCUT2D eigenvalue weighted by Gasteiger charge is -2.12. The van der Waals surface area contributed by atoms with Crippen LogP contribution in [0.3, 0.4) is 0 Å². The highest BCUT2D eigenvalue weighted by Gasteiger charge is 2.36. The predicted octanol–water partition coefficient (Wildman–Crippen LogP) is 5.90. The Balaban J connectivity index is 1.32. The molecule has 1 aromatic heterocycles. The number of aromatic nitrogens is 1. The van der Waals surface area contributed by atoms with Crippen LogP contribution in [0.5, 0.6) is 5.75 Å². The van der Waals surface area contributed by atoms with Gasteiger partial charge in [-0.3, -0.25) is 19.3 Å². The number of rotatable bonds is 8. The standard InChI is InChI=1S/C29H24FN3O4S/c1-2-37-23-13-11-22(12-14-23)31-27(34)18-33-28(35)26(38-29(33)36)15-20-17-32(25-6-4-3-5-24(20)25)16-19-7-9-21(30)10-8-19/h3-15,17H,2,16,18H2,1H3,(H,31,34)/b26-15+. The summed E-state index contributed by atoms with van der Waals surface area (Å²) < 4.78 is 20.7. The van der Waals surface area contributed by atoms with E-state index in [4.69, 9.17) is 4.74 Å². The van der Waals surface area contributed by atoms with Gasteiger partial charge in [0.2, 0.25) is 5.91 Å². The summed E-state index contributed by atoms with van der Waals surface area (Å²) in [5.41, 5.74) is 3.18. The Hall–Kier alpha value is -4.37. The van der Waals surface area contributed by atoms with Crippen LogP contribution in [0.1, 0.15) is 18.1 Å². The van der Waals surface area contributed by atoms with Gasteiger partial charge in [0.05, 0.1) is 11.5 Å². The molecule has 0 atom stereocenters. The molecule has 1 saturated heterocycles. The Morgan fingerprint density at radius 1 is 1.03 bits per heavy atom. The van der Waals surface area contributed by atoms with E-state index in [1.807, 2.05) is 42.0 Å². The fourth-order valence-electron chi connectivity index (χ4n) is 4.23. The highest BCUT2D eigenvalue weighted by Crippen LogP contribution is 2.34. The molecule has 5 rings (SSSR count). The minimum absolute atomic E-state index is 0.244. The minimum Gasteiger partial charge on any atom is -0.494 e. The van der Waals surface area contributed by atoms with Crippen molar-refractivity contribution in [3.05, 3.63) is 101 Å². The monoisotopic (exact) mass is 529 g/mol. The first-order valence-electron chi connectivity index (χ1n) is 12.0. The van der Waals surface area contributed by atoms with Gasteiger partial charge in [0.15, 0.2) is 0 Å². The number of nitrogens with one attached hydrogen (secondary N) is 1. The summed E-state index contributed by atoms with van der Waals surface area (Å²) in [7, 11) is 0. The van der Waals surface area contributed by atoms with Crippen molar-refractivity contribution in [3.8, 4) is 5.75 Å². The number of carbonyl (C=O) groups is 3. The van der Waals surface area contributed by atoms with Crippen molar-refractivity contribution >= 4 is 51.5 Å². The maximum Gasteiger partial charge on any atom is 0.294 e.